The third kappa shape index (κ3) is 4.00. The third-order valence-electron chi connectivity index (χ3n) is 6.44. The minimum atomic E-state index is -3.25. The first kappa shape index (κ1) is 22.3. The molecule has 9 heteroatoms. The Balaban J connectivity index is 1.54. The van der Waals surface area contributed by atoms with Crippen LogP contribution >= 0.6 is 0 Å². The van der Waals surface area contributed by atoms with Crippen LogP contribution in [0.15, 0.2) is 58.6 Å². The average molecular weight is 478 g/mol. The fourth-order valence-electron chi connectivity index (χ4n) is 4.53. The van der Waals surface area contributed by atoms with E-state index < -0.39 is 9.84 Å². The van der Waals surface area contributed by atoms with E-state index in [1.54, 1.807) is 19.3 Å². The zero-order chi connectivity index (χ0) is 24.0. The van der Waals surface area contributed by atoms with Gasteiger partial charge >= 0.3 is 0 Å². The van der Waals surface area contributed by atoms with Crippen LogP contribution in [0.25, 0.3) is 22.3 Å². The van der Waals surface area contributed by atoms with Crippen LogP contribution < -0.4 is 10.9 Å². The first-order valence-corrected chi connectivity index (χ1v) is 13.0. The lowest BCUT2D eigenvalue weighted by Crippen LogP contribution is -2.20. The molecular weight excluding hydrogens is 450 g/mol. The van der Waals surface area contributed by atoms with Crippen LogP contribution in [-0.4, -0.2) is 33.7 Å². The number of benzene rings is 1. The maximum Gasteiger partial charge on any atom is 0.250 e. The smallest absolute Gasteiger partial charge is 0.250 e. The molecule has 0 saturated heterocycles. The molecule has 0 unspecified atom stereocenters. The van der Waals surface area contributed by atoms with Crippen LogP contribution in [0.2, 0.25) is 0 Å². The van der Waals surface area contributed by atoms with E-state index in [9.17, 15) is 13.2 Å². The van der Waals surface area contributed by atoms with Crippen molar-refractivity contribution in [3.63, 3.8) is 0 Å². The van der Waals surface area contributed by atoms with Gasteiger partial charge in [-0.15, -0.1) is 0 Å². The van der Waals surface area contributed by atoms with E-state index in [0.29, 0.717) is 22.8 Å². The number of H-pyrrole nitrogens is 1. The highest BCUT2D eigenvalue weighted by Gasteiger charge is 2.26. The lowest BCUT2D eigenvalue weighted by molar-refractivity contribution is 0.542. The number of nitrogens with zero attached hydrogens (tertiary/aromatic N) is 3. The normalized spacial score (nSPS) is 15.9. The second kappa shape index (κ2) is 8.39. The van der Waals surface area contributed by atoms with Gasteiger partial charge in [-0.2, -0.15) is 0 Å². The van der Waals surface area contributed by atoms with Crippen LogP contribution in [-0.2, 0) is 23.3 Å². The van der Waals surface area contributed by atoms with Gasteiger partial charge in [0.1, 0.15) is 17.8 Å². The summed E-state index contributed by atoms with van der Waals surface area (Å²) >= 11 is 0. The van der Waals surface area contributed by atoms with Gasteiger partial charge in [-0.3, -0.25) is 4.79 Å². The Labute approximate surface area is 198 Å². The molecular formula is C25H27N5O3S. The summed E-state index contributed by atoms with van der Waals surface area (Å²) in [6.45, 7) is 4.18. The SMILES string of the molecule is CC(C)[C@H](Nc1ncnc2[nH]c(-c3ccn(C)c(=O)c3)cc12)c1ccc2c(c1)S(=O)(=O)CCC2. The van der Waals surface area contributed by atoms with Gasteiger partial charge < -0.3 is 14.9 Å². The van der Waals surface area contributed by atoms with Crippen molar-refractivity contribution in [3.8, 4) is 11.3 Å². The van der Waals surface area contributed by atoms with Crippen molar-refractivity contribution >= 4 is 26.7 Å². The molecule has 34 heavy (non-hydrogen) atoms. The molecule has 4 heterocycles. The maximum atomic E-state index is 12.7. The van der Waals surface area contributed by atoms with Crippen LogP contribution in [0, 0.1) is 5.92 Å². The van der Waals surface area contributed by atoms with Crippen LogP contribution in [0.1, 0.15) is 37.4 Å². The zero-order valence-electron chi connectivity index (χ0n) is 19.4. The fourth-order valence-corrected chi connectivity index (χ4v) is 6.16. The molecule has 1 atom stereocenters. The summed E-state index contributed by atoms with van der Waals surface area (Å²) in [5.74, 6) is 1.02. The molecule has 3 aromatic heterocycles. The van der Waals surface area contributed by atoms with Crippen molar-refractivity contribution in [2.45, 2.75) is 37.6 Å². The summed E-state index contributed by atoms with van der Waals surface area (Å²) in [6, 6.07) is 11.0. The number of aromatic amines is 1. The van der Waals surface area contributed by atoms with E-state index in [4.69, 9.17) is 0 Å². The number of sulfone groups is 1. The van der Waals surface area contributed by atoms with E-state index in [1.807, 2.05) is 30.3 Å². The number of aryl methyl sites for hydroxylation is 2. The number of hydrogen-bond donors (Lipinski definition) is 2. The molecule has 0 saturated carbocycles. The monoisotopic (exact) mass is 477 g/mol. The molecule has 0 fully saturated rings. The highest BCUT2D eigenvalue weighted by atomic mass is 32.2. The van der Waals surface area contributed by atoms with Gasteiger partial charge in [-0.05, 0) is 48.1 Å². The number of anilines is 1. The number of pyridine rings is 1. The Morgan fingerprint density at radius 3 is 2.71 bits per heavy atom. The molecule has 0 bridgehead atoms. The van der Waals surface area contributed by atoms with Crippen molar-refractivity contribution in [2.24, 2.45) is 13.0 Å². The number of nitrogens with one attached hydrogen (secondary N) is 2. The predicted molar refractivity (Wildman–Crippen MR) is 133 cm³/mol. The molecule has 0 aliphatic carbocycles. The molecule has 4 aromatic rings. The van der Waals surface area contributed by atoms with Gasteiger partial charge in [-0.25, -0.2) is 18.4 Å². The fraction of sp³-hybridized carbons (Fsp3) is 0.320. The van der Waals surface area contributed by atoms with Crippen molar-refractivity contribution in [3.05, 3.63) is 70.4 Å². The average Bonchev–Trinajstić information content (AvgIpc) is 3.24. The summed E-state index contributed by atoms with van der Waals surface area (Å²) in [5, 5.41) is 4.33. The molecule has 2 N–H and O–H groups in total. The van der Waals surface area contributed by atoms with E-state index in [1.165, 1.54) is 10.9 Å². The molecule has 0 amide bonds. The van der Waals surface area contributed by atoms with Gasteiger partial charge in [-0.1, -0.05) is 26.0 Å². The number of fused-ring (bicyclic) bond motifs is 2. The molecule has 1 aliphatic heterocycles. The topological polar surface area (TPSA) is 110 Å². The summed E-state index contributed by atoms with van der Waals surface area (Å²) in [4.78, 5) is 24.7. The molecule has 5 rings (SSSR count). The van der Waals surface area contributed by atoms with Crippen molar-refractivity contribution in [1.29, 1.82) is 0 Å². The van der Waals surface area contributed by atoms with Gasteiger partial charge in [0.15, 0.2) is 9.84 Å². The molecule has 0 spiro atoms. The Bertz CT molecular complexity index is 1550. The lowest BCUT2D eigenvalue weighted by atomic mass is 9.94. The lowest BCUT2D eigenvalue weighted by Gasteiger charge is -2.26. The van der Waals surface area contributed by atoms with Crippen molar-refractivity contribution in [1.82, 2.24) is 19.5 Å². The number of rotatable bonds is 5. The summed E-state index contributed by atoms with van der Waals surface area (Å²) in [6.07, 6.45) is 4.68. The summed E-state index contributed by atoms with van der Waals surface area (Å²) in [5.41, 5.74) is 3.91. The van der Waals surface area contributed by atoms with Gasteiger partial charge in [0, 0.05) is 30.6 Å². The molecule has 8 nitrogen and oxygen atoms in total. The highest BCUT2D eigenvalue weighted by Crippen LogP contribution is 2.34. The van der Waals surface area contributed by atoms with E-state index in [2.05, 4.69) is 34.1 Å². The first-order valence-electron chi connectivity index (χ1n) is 11.4. The van der Waals surface area contributed by atoms with Crippen LogP contribution in [0.5, 0.6) is 0 Å². The van der Waals surface area contributed by atoms with Crippen molar-refractivity contribution < 1.29 is 8.42 Å². The molecule has 176 valence electrons. The minimum absolute atomic E-state index is 0.0946. The Kier molecular flexibility index (Phi) is 5.51. The van der Waals surface area contributed by atoms with Crippen LogP contribution in [0.3, 0.4) is 0 Å². The van der Waals surface area contributed by atoms with E-state index in [-0.39, 0.29) is 23.3 Å². The maximum absolute atomic E-state index is 12.7. The number of aromatic nitrogens is 4. The first-order chi connectivity index (χ1) is 16.2. The molecule has 1 aliphatic rings. The molecule has 1 aromatic carbocycles. The van der Waals surface area contributed by atoms with E-state index in [0.717, 1.165) is 34.2 Å². The largest absolute Gasteiger partial charge is 0.362 e. The second-order valence-corrected chi connectivity index (χ2v) is 11.3. The number of hydrogen-bond acceptors (Lipinski definition) is 6. The van der Waals surface area contributed by atoms with E-state index >= 15 is 0 Å². The Hall–Kier alpha value is -3.46. The predicted octanol–water partition coefficient (Wildman–Crippen LogP) is 3.85. The summed E-state index contributed by atoms with van der Waals surface area (Å²) < 4.78 is 26.8. The quantitative estimate of drug-likeness (QED) is 0.452. The standard InChI is InChI=1S/C25H27N5O3S/c1-15(2)23(18-7-6-16-5-4-10-34(32,33)21(16)11-18)29-25-19-13-20(28-24(19)26-14-27-25)17-8-9-30(3)22(31)12-17/h6-9,11-15,23H,4-5,10H2,1-3H3,(H2,26,27,28,29)/t23-/m0/s1. The highest BCUT2D eigenvalue weighted by molar-refractivity contribution is 7.91. The zero-order valence-corrected chi connectivity index (χ0v) is 20.2. The summed E-state index contributed by atoms with van der Waals surface area (Å²) in [7, 11) is -1.54. The Morgan fingerprint density at radius 1 is 1.12 bits per heavy atom. The third-order valence-corrected chi connectivity index (χ3v) is 8.32. The Morgan fingerprint density at radius 2 is 1.94 bits per heavy atom. The van der Waals surface area contributed by atoms with Gasteiger partial charge in [0.25, 0.3) is 5.56 Å². The van der Waals surface area contributed by atoms with Gasteiger partial charge in [0.05, 0.1) is 22.1 Å². The van der Waals surface area contributed by atoms with Gasteiger partial charge in [0.2, 0.25) is 0 Å². The van der Waals surface area contributed by atoms with Crippen LogP contribution in [0.4, 0.5) is 5.82 Å². The molecule has 0 radical (unpaired) electrons. The minimum Gasteiger partial charge on any atom is -0.362 e. The van der Waals surface area contributed by atoms with Crippen molar-refractivity contribution in [2.75, 3.05) is 11.1 Å². The second-order valence-electron chi connectivity index (χ2n) is 9.19.